The van der Waals surface area contributed by atoms with E-state index in [0.29, 0.717) is 35.5 Å². The summed E-state index contributed by atoms with van der Waals surface area (Å²) in [5.74, 6) is -0.0349. The molecule has 2 amide bonds. The maximum Gasteiger partial charge on any atom is 0.261 e. The second kappa shape index (κ2) is 9.68. The zero-order chi connectivity index (χ0) is 22.7. The molecule has 9 nitrogen and oxygen atoms in total. The largest absolute Gasteiger partial charge is 0.474 e. The Kier molecular flexibility index (Phi) is 6.73. The van der Waals surface area contributed by atoms with Crippen molar-refractivity contribution in [3.63, 3.8) is 0 Å². The lowest BCUT2D eigenvalue weighted by Crippen LogP contribution is -2.60. The molecule has 168 valence electrons. The molecule has 11 heteroatoms. The van der Waals surface area contributed by atoms with Gasteiger partial charge in [-0.2, -0.15) is 0 Å². The molecule has 3 heterocycles. The number of hydrogen-bond acceptors (Lipinski definition) is 8. The van der Waals surface area contributed by atoms with Crippen LogP contribution in [0.3, 0.4) is 0 Å². The summed E-state index contributed by atoms with van der Waals surface area (Å²) < 4.78 is 10.8. The number of fused-ring (bicyclic) bond motifs is 1. The Bertz CT molecular complexity index is 1140. The monoisotopic (exact) mass is 475 g/mol. The number of piperazine rings is 1. The van der Waals surface area contributed by atoms with E-state index in [1.54, 1.807) is 16.3 Å². The topological polar surface area (TPSA) is 111 Å². The van der Waals surface area contributed by atoms with Crippen molar-refractivity contribution in [2.45, 2.75) is 12.6 Å². The molecule has 2 N–H and O–H groups in total. The molecular formula is C21H22ClN5O4S. The fraction of sp³-hybridized carbons (Fsp3) is 0.333. The number of ether oxygens (including phenoxy) is 2. The van der Waals surface area contributed by atoms with Crippen LogP contribution in [-0.2, 0) is 20.9 Å². The number of thiophene rings is 1. The Balaban J connectivity index is 1.44. The lowest BCUT2D eigenvalue weighted by Gasteiger charge is -2.40. The van der Waals surface area contributed by atoms with Gasteiger partial charge in [0.1, 0.15) is 18.2 Å². The summed E-state index contributed by atoms with van der Waals surface area (Å²) in [7, 11) is 1.51. The van der Waals surface area contributed by atoms with Gasteiger partial charge in [-0.3, -0.25) is 9.59 Å². The predicted octanol–water partition coefficient (Wildman–Crippen LogP) is 2.19. The van der Waals surface area contributed by atoms with Crippen LogP contribution in [0, 0.1) is 0 Å². The Morgan fingerprint density at radius 1 is 1.31 bits per heavy atom. The van der Waals surface area contributed by atoms with E-state index in [1.165, 1.54) is 29.7 Å². The molecule has 1 aliphatic heterocycles. The number of carbonyl (C=O) groups excluding carboxylic acids is 2. The molecule has 0 spiro atoms. The number of benzene rings is 1. The molecule has 1 fully saturated rings. The predicted molar refractivity (Wildman–Crippen MR) is 122 cm³/mol. The van der Waals surface area contributed by atoms with Gasteiger partial charge in [0, 0.05) is 43.6 Å². The van der Waals surface area contributed by atoms with Crippen LogP contribution < -0.4 is 10.5 Å². The van der Waals surface area contributed by atoms with Gasteiger partial charge in [0.15, 0.2) is 11.7 Å². The van der Waals surface area contributed by atoms with E-state index in [4.69, 9.17) is 26.8 Å². The number of rotatable bonds is 7. The zero-order valence-electron chi connectivity index (χ0n) is 17.4. The molecule has 32 heavy (non-hydrogen) atoms. The fourth-order valence-electron chi connectivity index (χ4n) is 3.64. The Hall–Kier alpha value is -2.95. The minimum atomic E-state index is -0.713. The molecule has 1 saturated heterocycles. The highest BCUT2D eigenvalue weighted by Crippen LogP contribution is 2.26. The van der Waals surface area contributed by atoms with Crippen LogP contribution in [0.15, 0.2) is 36.0 Å². The number of methoxy groups -OCH3 is 1. The van der Waals surface area contributed by atoms with E-state index in [9.17, 15) is 9.59 Å². The molecule has 4 rings (SSSR count). The third kappa shape index (κ3) is 4.77. The number of amides is 2. The summed E-state index contributed by atoms with van der Waals surface area (Å²) in [5.41, 5.74) is 7.52. The van der Waals surface area contributed by atoms with Gasteiger partial charge in [0.2, 0.25) is 5.91 Å². The maximum atomic E-state index is 13.2. The lowest BCUT2D eigenvalue weighted by atomic mass is 10.1. The molecule has 0 aliphatic carbocycles. The van der Waals surface area contributed by atoms with Crippen LogP contribution in [0.4, 0.5) is 5.82 Å². The van der Waals surface area contributed by atoms with Crippen LogP contribution in [0.5, 0.6) is 5.06 Å². The average Bonchev–Trinajstić information content (AvgIpc) is 3.20. The minimum Gasteiger partial charge on any atom is -0.474 e. The highest BCUT2D eigenvalue weighted by Gasteiger charge is 2.37. The van der Waals surface area contributed by atoms with Gasteiger partial charge < -0.3 is 25.0 Å². The lowest BCUT2D eigenvalue weighted by molar-refractivity contribution is -0.155. The van der Waals surface area contributed by atoms with E-state index in [0.717, 1.165) is 16.5 Å². The fourth-order valence-corrected chi connectivity index (χ4v) is 4.56. The number of aromatic nitrogens is 2. The summed E-state index contributed by atoms with van der Waals surface area (Å²) in [6.45, 7) is 1.12. The highest BCUT2D eigenvalue weighted by molar-refractivity contribution is 7.12. The van der Waals surface area contributed by atoms with Crippen molar-refractivity contribution < 1.29 is 19.1 Å². The summed E-state index contributed by atoms with van der Waals surface area (Å²) >= 11 is 7.20. The summed E-state index contributed by atoms with van der Waals surface area (Å²) in [6.07, 6.45) is 1.41. The molecule has 0 radical (unpaired) electrons. The Morgan fingerprint density at radius 3 is 2.91 bits per heavy atom. The minimum absolute atomic E-state index is 0.105. The third-order valence-electron chi connectivity index (χ3n) is 5.22. The number of hydrogen-bond donors (Lipinski definition) is 1. The van der Waals surface area contributed by atoms with E-state index in [2.05, 4.69) is 9.97 Å². The van der Waals surface area contributed by atoms with Gasteiger partial charge in [0.25, 0.3) is 5.91 Å². The highest BCUT2D eigenvalue weighted by atomic mass is 35.5. The van der Waals surface area contributed by atoms with Crippen LogP contribution in [-0.4, -0.2) is 71.0 Å². The van der Waals surface area contributed by atoms with Gasteiger partial charge in [-0.1, -0.05) is 17.7 Å². The SMILES string of the molecule is COCC1C(=O)N(Cc2ccc3c(N)ncnc3c2)CCN1C(=O)COc1cc(Cl)cs1. The molecule has 0 saturated carbocycles. The Morgan fingerprint density at radius 2 is 2.16 bits per heavy atom. The number of nitrogen functional groups attached to an aromatic ring is 1. The van der Waals surface area contributed by atoms with Crippen LogP contribution in [0.25, 0.3) is 10.9 Å². The van der Waals surface area contributed by atoms with E-state index in [-0.39, 0.29) is 25.0 Å². The number of anilines is 1. The number of halogens is 1. The second-order valence-electron chi connectivity index (χ2n) is 7.30. The van der Waals surface area contributed by atoms with Gasteiger partial charge >= 0.3 is 0 Å². The summed E-state index contributed by atoms with van der Waals surface area (Å²) in [6, 6.07) is 6.58. The van der Waals surface area contributed by atoms with Crippen molar-refractivity contribution in [2.24, 2.45) is 0 Å². The van der Waals surface area contributed by atoms with Crippen molar-refractivity contribution in [1.29, 1.82) is 0 Å². The molecule has 2 aromatic heterocycles. The van der Waals surface area contributed by atoms with Gasteiger partial charge in [-0.15, -0.1) is 11.3 Å². The molecule has 0 bridgehead atoms. The van der Waals surface area contributed by atoms with Crippen molar-refractivity contribution in [1.82, 2.24) is 19.8 Å². The van der Waals surface area contributed by atoms with Crippen molar-refractivity contribution >= 4 is 51.5 Å². The first-order chi connectivity index (χ1) is 15.5. The molecule has 1 atom stereocenters. The Labute approximate surface area is 193 Å². The molecule has 1 unspecified atom stereocenters. The zero-order valence-corrected chi connectivity index (χ0v) is 18.9. The van der Waals surface area contributed by atoms with Gasteiger partial charge in [-0.25, -0.2) is 9.97 Å². The first-order valence-corrected chi connectivity index (χ1v) is 11.1. The van der Waals surface area contributed by atoms with Crippen LogP contribution in [0.1, 0.15) is 5.56 Å². The van der Waals surface area contributed by atoms with Crippen molar-refractivity contribution in [3.05, 3.63) is 46.6 Å². The normalized spacial score (nSPS) is 16.6. The standard InChI is InChI=1S/C21H22ClN5O4S/c1-30-9-17-21(29)26(8-13-2-3-15-16(6-13)24-12-25-20(15)23)4-5-27(17)18(28)10-31-19-7-14(22)11-32-19/h2-3,6-7,11-12,17H,4-5,8-10H2,1H3,(H2,23,24,25). The van der Waals surface area contributed by atoms with Crippen LogP contribution in [0.2, 0.25) is 5.02 Å². The van der Waals surface area contributed by atoms with Gasteiger partial charge in [0.05, 0.1) is 17.1 Å². The van der Waals surface area contributed by atoms with Crippen molar-refractivity contribution in [3.8, 4) is 5.06 Å². The molecule has 1 aromatic carbocycles. The molecular weight excluding hydrogens is 454 g/mol. The smallest absolute Gasteiger partial charge is 0.261 e. The third-order valence-corrected chi connectivity index (χ3v) is 6.40. The number of nitrogens with two attached hydrogens (primary N) is 1. The van der Waals surface area contributed by atoms with E-state index < -0.39 is 6.04 Å². The van der Waals surface area contributed by atoms with Crippen molar-refractivity contribution in [2.75, 3.05) is 39.1 Å². The molecule has 3 aromatic rings. The maximum absolute atomic E-state index is 13.2. The van der Waals surface area contributed by atoms with Gasteiger partial charge in [-0.05, 0) is 17.7 Å². The van der Waals surface area contributed by atoms with E-state index in [1.807, 2.05) is 18.2 Å². The van der Waals surface area contributed by atoms with Crippen LogP contribution >= 0.6 is 22.9 Å². The first-order valence-electron chi connectivity index (χ1n) is 9.89. The first kappa shape index (κ1) is 22.3. The average molecular weight is 476 g/mol. The van der Waals surface area contributed by atoms with E-state index >= 15 is 0 Å². The summed E-state index contributed by atoms with van der Waals surface area (Å²) in [4.78, 5) is 37.4. The summed E-state index contributed by atoms with van der Waals surface area (Å²) in [5, 5.41) is 3.60. The number of carbonyl (C=O) groups is 2. The molecule has 1 aliphatic rings. The second-order valence-corrected chi connectivity index (χ2v) is 8.61. The quantitative estimate of drug-likeness (QED) is 0.557. The number of nitrogens with zero attached hydrogens (tertiary/aromatic N) is 4.